The van der Waals surface area contributed by atoms with Crippen molar-refractivity contribution in [1.29, 1.82) is 0 Å². The Labute approximate surface area is 136 Å². The predicted octanol–water partition coefficient (Wildman–Crippen LogP) is 3.27. The monoisotopic (exact) mass is 325 g/mol. The molecule has 1 aliphatic heterocycles. The number of rotatable bonds is 3. The number of hydrogen-bond donors (Lipinski definition) is 2. The standard InChI is InChI=1S/C16H24ClN3O2/c1-16(2,3)22-15(21)19-9-11-6-7-20(10-11)14-5-4-12(17)8-13(14)18/h4-5,8,11H,6-7,9-10,18H2,1-3H3,(H,19,21). The Morgan fingerprint density at radius 3 is 2.86 bits per heavy atom. The Morgan fingerprint density at radius 2 is 2.23 bits per heavy atom. The summed E-state index contributed by atoms with van der Waals surface area (Å²) in [4.78, 5) is 13.9. The summed E-state index contributed by atoms with van der Waals surface area (Å²) < 4.78 is 5.24. The van der Waals surface area contributed by atoms with Crippen LogP contribution >= 0.6 is 11.6 Å². The molecule has 0 aromatic heterocycles. The van der Waals surface area contributed by atoms with Crippen molar-refractivity contribution in [3.63, 3.8) is 0 Å². The molecule has 2 rings (SSSR count). The molecule has 0 spiro atoms. The SMILES string of the molecule is CC(C)(C)OC(=O)NCC1CCN(c2ccc(Cl)cc2N)C1. The number of amides is 1. The van der Waals surface area contributed by atoms with E-state index >= 15 is 0 Å². The summed E-state index contributed by atoms with van der Waals surface area (Å²) in [7, 11) is 0. The van der Waals surface area contributed by atoms with E-state index in [9.17, 15) is 4.79 Å². The number of nitrogens with zero attached hydrogens (tertiary/aromatic N) is 1. The molecule has 0 radical (unpaired) electrons. The van der Waals surface area contributed by atoms with E-state index in [1.54, 1.807) is 6.07 Å². The van der Waals surface area contributed by atoms with Crippen molar-refractivity contribution in [2.24, 2.45) is 5.92 Å². The third-order valence-corrected chi connectivity index (χ3v) is 3.79. The Bertz CT molecular complexity index is 543. The van der Waals surface area contributed by atoms with Gasteiger partial charge in [-0.15, -0.1) is 0 Å². The first-order valence-electron chi connectivity index (χ1n) is 7.51. The molecule has 1 atom stereocenters. The molecule has 1 aromatic rings. The van der Waals surface area contributed by atoms with Crippen LogP contribution in [0.15, 0.2) is 18.2 Å². The summed E-state index contributed by atoms with van der Waals surface area (Å²) >= 11 is 5.93. The Kier molecular flexibility index (Phi) is 5.06. The molecule has 1 fully saturated rings. The van der Waals surface area contributed by atoms with Crippen LogP contribution in [-0.4, -0.2) is 31.3 Å². The quantitative estimate of drug-likeness (QED) is 0.837. The molecule has 5 nitrogen and oxygen atoms in total. The lowest BCUT2D eigenvalue weighted by molar-refractivity contribution is 0.0520. The Balaban J connectivity index is 1.84. The van der Waals surface area contributed by atoms with Crippen LogP contribution in [0.25, 0.3) is 0 Å². The van der Waals surface area contributed by atoms with Gasteiger partial charge in [0.1, 0.15) is 5.60 Å². The molecular formula is C16H24ClN3O2. The fraction of sp³-hybridized carbons (Fsp3) is 0.562. The second kappa shape index (κ2) is 6.65. The van der Waals surface area contributed by atoms with Crippen LogP contribution in [0.5, 0.6) is 0 Å². The molecule has 22 heavy (non-hydrogen) atoms. The van der Waals surface area contributed by atoms with Gasteiger partial charge in [-0.1, -0.05) is 11.6 Å². The number of carbonyl (C=O) groups is 1. The lowest BCUT2D eigenvalue weighted by atomic mass is 10.1. The van der Waals surface area contributed by atoms with Gasteiger partial charge in [0.25, 0.3) is 0 Å². The highest BCUT2D eigenvalue weighted by molar-refractivity contribution is 6.31. The minimum atomic E-state index is -0.469. The summed E-state index contributed by atoms with van der Waals surface area (Å²) in [6, 6.07) is 5.56. The Morgan fingerprint density at radius 1 is 1.50 bits per heavy atom. The van der Waals surface area contributed by atoms with Gasteiger partial charge in [-0.2, -0.15) is 0 Å². The van der Waals surface area contributed by atoms with Crippen molar-refractivity contribution in [1.82, 2.24) is 5.32 Å². The van der Waals surface area contributed by atoms with Gasteiger partial charge in [-0.05, 0) is 51.3 Å². The fourth-order valence-corrected chi connectivity index (χ4v) is 2.75. The van der Waals surface area contributed by atoms with Crippen LogP contribution in [0.3, 0.4) is 0 Å². The van der Waals surface area contributed by atoms with Crippen molar-refractivity contribution in [2.75, 3.05) is 30.3 Å². The fourth-order valence-electron chi connectivity index (χ4n) is 2.57. The third kappa shape index (κ3) is 4.70. The number of ether oxygens (including phenoxy) is 1. The molecule has 122 valence electrons. The number of nitrogens with two attached hydrogens (primary N) is 1. The number of nitrogens with one attached hydrogen (secondary N) is 1. The summed E-state index contributed by atoms with van der Waals surface area (Å²) in [5, 5.41) is 3.48. The average molecular weight is 326 g/mol. The second-order valence-electron chi connectivity index (χ2n) is 6.69. The van der Waals surface area contributed by atoms with Crippen molar-refractivity contribution in [3.05, 3.63) is 23.2 Å². The number of benzene rings is 1. The number of nitrogen functional groups attached to an aromatic ring is 1. The minimum absolute atomic E-state index is 0.364. The normalized spacial score (nSPS) is 18.4. The molecule has 1 aliphatic rings. The molecule has 0 aliphatic carbocycles. The Hall–Kier alpha value is -1.62. The van der Waals surface area contributed by atoms with Crippen molar-refractivity contribution < 1.29 is 9.53 Å². The minimum Gasteiger partial charge on any atom is -0.444 e. The highest BCUT2D eigenvalue weighted by atomic mass is 35.5. The number of anilines is 2. The van der Waals surface area contributed by atoms with Crippen LogP contribution in [0.2, 0.25) is 5.02 Å². The predicted molar refractivity (Wildman–Crippen MR) is 90.4 cm³/mol. The van der Waals surface area contributed by atoms with E-state index in [0.29, 0.717) is 23.2 Å². The highest BCUT2D eigenvalue weighted by Gasteiger charge is 2.25. The zero-order valence-corrected chi connectivity index (χ0v) is 14.1. The largest absolute Gasteiger partial charge is 0.444 e. The van der Waals surface area contributed by atoms with Crippen molar-refractivity contribution in [3.8, 4) is 0 Å². The molecule has 0 bridgehead atoms. The number of carbonyl (C=O) groups excluding carboxylic acids is 1. The molecule has 0 saturated carbocycles. The topological polar surface area (TPSA) is 67.6 Å². The first-order chi connectivity index (χ1) is 10.2. The maximum atomic E-state index is 11.7. The van der Waals surface area contributed by atoms with Crippen LogP contribution in [0.4, 0.5) is 16.2 Å². The van der Waals surface area contributed by atoms with Crippen molar-refractivity contribution >= 4 is 29.1 Å². The lowest BCUT2D eigenvalue weighted by Crippen LogP contribution is -2.36. The van der Waals surface area contributed by atoms with Crippen LogP contribution in [-0.2, 0) is 4.74 Å². The number of hydrogen-bond acceptors (Lipinski definition) is 4. The average Bonchev–Trinajstić information content (AvgIpc) is 2.83. The molecular weight excluding hydrogens is 302 g/mol. The smallest absolute Gasteiger partial charge is 0.407 e. The van der Waals surface area contributed by atoms with E-state index in [2.05, 4.69) is 10.2 Å². The molecule has 1 heterocycles. The maximum Gasteiger partial charge on any atom is 0.407 e. The summed E-state index contributed by atoms with van der Waals surface area (Å²) in [6.45, 7) is 7.96. The van der Waals surface area contributed by atoms with Crippen LogP contribution in [0.1, 0.15) is 27.2 Å². The third-order valence-electron chi connectivity index (χ3n) is 3.55. The van der Waals surface area contributed by atoms with E-state index < -0.39 is 5.60 Å². The van der Waals surface area contributed by atoms with Gasteiger partial charge in [-0.25, -0.2) is 4.79 Å². The zero-order chi connectivity index (χ0) is 16.3. The first-order valence-corrected chi connectivity index (χ1v) is 7.89. The second-order valence-corrected chi connectivity index (χ2v) is 7.12. The van der Waals surface area contributed by atoms with Crippen LogP contribution in [0, 0.1) is 5.92 Å². The van der Waals surface area contributed by atoms with E-state index in [0.717, 1.165) is 25.2 Å². The van der Waals surface area contributed by atoms with E-state index in [4.69, 9.17) is 22.1 Å². The molecule has 1 amide bonds. The summed E-state index contributed by atoms with van der Waals surface area (Å²) in [5.74, 6) is 0.391. The van der Waals surface area contributed by atoms with Crippen LogP contribution < -0.4 is 16.0 Å². The number of alkyl carbamates (subject to hydrolysis) is 1. The van der Waals surface area contributed by atoms with Gasteiger partial charge in [0.05, 0.1) is 11.4 Å². The first kappa shape index (κ1) is 16.7. The maximum absolute atomic E-state index is 11.7. The zero-order valence-electron chi connectivity index (χ0n) is 13.4. The van der Waals surface area contributed by atoms with Gasteiger partial charge < -0.3 is 20.7 Å². The van der Waals surface area contributed by atoms with E-state index in [-0.39, 0.29) is 6.09 Å². The van der Waals surface area contributed by atoms with Gasteiger partial charge in [0, 0.05) is 24.7 Å². The van der Waals surface area contributed by atoms with Crippen molar-refractivity contribution in [2.45, 2.75) is 32.8 Å². The van der Waals surface area contributed by atoms with Gasteiger partial charge in [-0.3, -0.25) is 0 Å². The van der Waals surface area contributed by atoms with E-state index in [1.165, 1.54) is 0 Å². The summed E-state index contributed by atoms with van der Waals surface area (Å²) in [6.07, 6.45) is 0.648. The van der Waals surface area contributed by atoms with Gasteiger partial charge >= 0.3 is 6.09 Å². The highest BCUT2D eigenvalue weighted by Crippen LogP contribution is 2.30. The number of halogens is 1. The van der Waals surface area contributed by atoms with Gasteiger partial charge in [0.2, 0.25) is 0 Å². The van der Waals surface area contributed by atoms with Gasteiger partial charge in [0.15, 0.2) is 0 Å². The molecule has 6 heteroatoms. The molecule has 1 saturated heterocycles. The summed E-state index contributed by atoms with van der Waals surface area (Å²) in [5.41, 5.74) is 7.25. The van der Waals surface area contributed by atoms with E-state index in [1.807, 2.05) is 32.9 Å². The molecule has 1 unspecified atom stereocenters. The molecule has 1 aromatic carbocycles. The lowest BCUT2D eigenvalue weighted by Gasteiger charge is -2.22. The molecule has 3 N–H and O–H groups in total.